The first-order valence-electron chi connectivity index (χ1n) is 18.0. The van der Waals surface area contributed by atoms with E-state index in [0.717, 1.165) is 42.7 Å². The van der Waals surface area contributed by atoms with E-state index in [9.17, 15) is 9.18 Å². The molecule has 0 atom stereocenters. The van der Waals surface area contributed by atoms with Gasteiger partial charge in [0.2, 0.25) is 11.8 Å². The van der Waals surface area contributed by atoms with Crippen LogP contribution in [0.15, 0.2) is 109 Å². The van der Waals surface area contributed by atoms with Crippen molar-refractivity contribution in [2.45, 2.75) is 46.3 Å². The third kappa shape index (κ3) is 10.9. The Labute approximate surface area is 316 Å². The van der Waals surface area contributed by atoms with Gasteiger partial charge in [-0.25, -0.2) is 9.37 Å². The van der Waals surface area contributed by atoms with Gasteiger partial charge in [0.25, 0.3) is 0 Å². The number of carbonyl (C=O) groups is 1. The fourth-order valence-corrected chi connectivity index (χ4v) is 6.37. The van der Waals surface area contributed by atoms with E-state index in [1.807, 2.05) is 24.0 Å². The fraction of sp³-hybridized carbons (Fsp3) is 0.273. The summed E-state index contributed by atoms with van der Waals surface area (Å²) >= 11 is 6.64. The number of halogens is 2. The van der Waals surface area contributed by atoms with E-state index < -0.39 is 0 Å². The molecule has 0 spiro atoms. The van der Waals surface area contributed by atoms with Crippen molar-refractivity contribution in [3.8, 4) is 23.1 Å². The normalized spacial score (nSPS) is 13.4. The van der Waals surface area contributed by atoms with Crippen LogP contribution >= 0.6 is 11.6 Å². The highest BCUT2D eigenvalue weighted by atomic mass is 35.5. The van der Waals surface area contributed by atoms with Crippen molar-refractivity contribution in [1.29, 1.82) is 0 Å². The van der Waals surface area contributed by atoms with Crippen LogP contribution in [0.1, 0.15) is 53.1 Å². The average Bonchev–Trinajstić information content (AvgIpc) is 3.17. The minimum absolute atomic E-state index is 0.0231. The second-order valence-corrected chi connectivity index (χ2v) is 14.0. The summed E-state index contributed by atoms with van der Waals surface area (Å²) in [7, 11) is 0. The molecule has 53 heavy (non-hydrogen) atoms. The number of aryl methyl sites for hydroxylation is 1. The predicted molar refractivity (Wildman–Crippen MR) is 208 cm³/mol. The number of rotatable bonds is 14. The highest BCUT2D eigenvalue weighted by molar-refractivity contribution is 6.32. The van der Waals surface area contributed by atoms with Crippen molar-refractivity contribution >= 4 is 23.6 Å². The summed E-state index contributed by atoms with van der Waals surface area (Å²) < 4.78 is 30.8. The summed E-state index contributed by atoms with van der Waals surface area (Å²) in [5.74, 6) is 2.43. The number of amides is 1. The first kappa shape index (κ1) is 37.6. The zero-order chi connectivity index (χ0) is 37.2. The number of pyridine rings is 1. The molecule has 1 aliphatic heterocycles. The molecular formula is C44H45ClFN3O4. The second-order valence-electron chi connectivity index (χ2n) is 13.6. The molecule has 0 radical (unpaired) electrons. The Hall–Kier alpha value is -5.18. The van der Waals surface area contributed by atoms with Crippen LogP contribution in [0.5, 0.6) is 23.1 Å². The Kier molecular flexibility index (Phi) is 12.8. The van der Waals surface area contributed by atoms with Crippen LogP contribution in [-0.4, -0.2) is 53.5 Å². The van der Waals surface area contributed by atoms with Crippen LogP contribution in [0.3, 0.4) is 0 Å². The molecule has 0 bridgehead atoms. The van der Waals surface area contributed by atoms with E-state index in [4.69, 9.17) is 25.8 Å². The van der Waals surface area contributed by atoms with E-state index in [1.54, 1.807) is 42.6 Å². The van der Waals surface area contributed by atoms with Crippen LogP contribution in [0.2, 0.25) is 5.02 Å². The molecule has 2 heterocycles. The maximum absolute atomic E-state index is 13.1. The number of benzene rings is 4. The molecule has 9 heteroatoms. The Balaban J connectivity index is 0.928. The van der Waals surface area contributed by atoms with Gasteiger partial charge in [-0.1, -0.05) is 74.0 Å². The monoisotopic (exact) mass is 733 g/mol. The second kappa shape index (κ2) is 18.0. The van der Waals surface area contributed by atoms with Gasteiger partial charge >= 0.3 is 0 Å². The van der Waals surface area contributed by atoms with Gasteiger partial charge in [-0.15, -0.1) is 0 Å². The van der Waals surface area contributed by atoms with Gasteiger partial charge in [0.1, 0.15) is 23.9 Å². The van der Waals surface area contributed by atoms with Crippen LogP contribution in [-0.2, 0) is 24.4 Å². The molecule has 1 saturated heterocycles. The lowest BCUT2D eigenvalue weighted by molar-refractivity contribution is -0.127. The third-order valence-electron chi connectivity index (χ3n) is 9.22. The Morgan fingerprint density at radius 1 is 0.849 bits per heavy atom. The van der Waals surface area contributed by atoms with Crippen molar-refractivity contribution in [3.63, 3.8) is 0 Å². The number of hydrogen-bond donors (Lipinski definition) is 0. The zero-order valence-corrected chi connectivity index (χ0v) is 31.2. The number of nitrogens with zero attached hydrogens (tertiary/aromatic N) is 3. The molecule has 1 fully saturated rings. The first-order chi connectivity index (χ1) is 25.7. The number of carbonyl (C=O) groups excluding carboxylic acids is 1. The molecule has 0 N–H and O–H groups in total. The SMILES string of the molecule is Cc1cc(/C=C/C(=O)N2CCN(Cc3ccc(CCOc4ccc(F)cc4)cc3)CC2)cc(Cl)c1Oc1ccc(OCc2ccc(C(C)C)cc2)cn1. The largest absolute Gasteiger partial charge is 0.493 e. The highest BCUT2D eigenvalue weighted by Gasteiger charge is 2.20. The number of ether oxygens (including phenoxy) is 3. The van der Waals surface area contributed by atoms with Gasteiger partial charge in [0, 0.05) is 51.3 Å². The zero-order valence-electron chi connectivity index (χ0n) is 30.4. The van der Waals surface area contributed by atoms with Gasteiger partial charge in [0.05, 0.1) is 17.8 Å². The van der Waals surface area contributed by atoms with Crippen molar-refractivity contribution in [2.24, 2.45) is 0 Å². The van der Waals surface area contributed by atoms with Gasteiger partial charge in [0.15, 0.2) is 5.75 Å². The number of aromatic nitrogens is 1. The number of piperazine rings is 1. The fourth-order valence-electron chi connectivity index (χ4n) is 6.05. The Morgan fingerprint density at radius 2 is 1.53 bits per heavy atom. The summed E-state index contributed by atoms with van der Waals surface area (Å²) in [6.45, 7) is 11.0. The summed E-state index contributed by atoms with van der Waals surface area (Å²) in [5.41, 5.74) is 6.45. The lowest BCUT2D eigenvalue weighted by atomic mass is 10.0. The molecule has 274 valence electrons. The van der Waals surface area contributed by atoms with Gasteiger partial charge in [-0.05, 0) is 94.8 Å². The topological polar surface area (TPSA) is 64.1 Å². The van der Waals surface area contributed by atoms with E-state index in [0.29, 0.717) is 60.4 Å². The van der Waals surface area contributed by atoms with Crippen molar-refractivity contribution in [3.05, 3.63) is 154 Å². The summed E-state index contributed by atoms with van der Waals surface area (Å²) in [6, 6.07) is 30.4. The molecule has 1 aromatic heterocycles. The lowest BCUT2D eigenvalue weighted by Gasteiger charge is -2.34. The minimum atomic E-state index is -0.272. The first-order valence-corrected chi connectivity index (χ1v) is 18.4. The quantitative estimate of drug-likeness (QED) is 0.106. The van der Waals surface area contributed by atoms with Crippen molar-refractivity contribution < 1.29 is 23.4 Å². The summed E-state index contributed by atoms with van der Waals surface area (Å²) in [5, 5.41) is 0.434. The lowest BCUT2D eigenvalue weighted by Crippen LogP contribution is -2.47. The van der Waals surface area contributed by atoms with Gasteiger partial charge in [-0.2, -0.15) is 0 Å². The highest BCUT2D eigenvalue weighted by Crippen LogP contribution is 2.34. The van der Waals surface area contributed by atoms with E-state index in [1.165, 1.54) is 28.8 Å². The van der Waals surface area contributed by atoms with E-state index in [2.05, 4.69) is 72.3 Å². The molecule has 0 saturated carbocycles. The Bertz CT molecular complexity index is 1950. The van der Waals surface area contributed by atoms with Crippen LogP contribution in [0.25, 0.3) is 6.08 Å². The predicted octanol–water partition coefficient (Wildman–Crippen LogP) is 9.66. The van der Waals surface area contributed by atoms with Gasteiger partial charge in [-0.3, -0.25) is 9.69 Å². The van der Waals surface area contributed by atoms with Crippen LogP contribution < -0.4 is 14.2 Å². The maximum Gasteiger partial charge on any atom is 0.246 e. The molecule has 4 aromatic carbocycles. The Morgan fingerprint density at radius 3 is 2.19 bits per heavy atom. The summed E-state index contributed by atoms with van der Waals surface area (Å²) in [4.78, 5) is 21.7. The maximum atomic E-state index is 13.1. The standard InChI is InChI=1S/C44H45ClFN3O4/c1-31(2)37-11-8-35(9-12-37)30-52-40-17-18-42(47-28-40)53-44-32(3)26-36(27-41(44)45)10-19-43(50)49-23-21-48(22-24-49)29-34-6-4-33(5-7-34)20-25-51-39-15-13-38(46)14-16-39/h4-19,26-28,31H,20-25,29-30H2,1-3H3/b19-10+. The molecule has 1 aliphatic rings. The van der Waals surface area contributed by atoms with Crippen molar-refractivity contribution in [1.82, 2.24) is 14.8 Å². The van der Waals surface area contributed by atoms with Crippen molar-refractivity contribution in [2.75, 3.05) is 32.8 Å². The third-order valence-corrected chi connectivity index (χ3v) is 9.50. The molecule has 5 aromatic rings. The minimum Gasteiger partial charge on any atom is -0.493 e. The average molecular weight is 734 g/mol. The van der Waals surface area contributed by atoms with E-state index >= 15 is 0 Å². The van der Waals surface area contributed by atoms with Crippen LogP contribution in [0.4, 0.5) is 4.39 Å². The molecule has 0 unspecified atom stereocenters. The molecule has 7 nitrogen and oxygen atoms in total. The van der Waals surface area contributed by atoms with Crippen LogP contribution in [0, 0.1) is 12.7 Å². The smallest absolute Gasteiger partial charge is 0.246 e. The summed E-state index contributed by atoms with van der Waals surface area (Å²) in [6.07, 6.45) is 5.81. The molecule has 6 rings (SSSR count). The molecule has 0 aliphatic carbocycles. The molecular weight excluding hydrogens is 689 g/mol. The number of hydrogen-bond acceptors (Lipinski definition) is 6. The van der Waals surface area contributed by atoms with E-state index in [-0.39, 0.29) is 11.7 Å². The van der Waals surface area contributed by atoms with Gasteiger partial charge < -0.3 is 19.1 Å². The molecule has 1 amide bonds.